The van der Waals surface area contributed by atoms with Crippen LogP contribution in [0.5, 0.6) is 0 Å². The van der Waals surface area contributed by atoms with Crippen molar-refractivity contribution < 1.29 is 9.90 Å². The number of hydrogen-bond donors (Lipinski definition) is 2. The number of aryl methyl sites for hydroxylation is 1. The van der Waals surface area contributed by atoms with Gasteiger partial charge in [-0.2, -0.15) is 5.10 Å². The molecular weight excluding hydrogens is 278 g/mol. The predicted octanol–water partition coefficient (Wildman–Crippen LogP) is 2.86. The lowest BCUT2D eigenvalue weighted by Gasteiger charge is -2.39. The molecule has 5 nitrogen and oxygen atoms in total. The molecule has 2 fully saturated rings. The Morgan fingerprint density at radius 3 is 2.82 bits per heavy atom. The lowest BCUT2D eigenvalue weighted by molar-refractivity contribution is -0.141. The van der Waals surface area contributed by atoms with Crippen LogP contribution in [-0.4, -0.2) is 38.3 Å². The number of carbonyl (C=O) groups is 1. The van der Waals surface area contributed by atoms with E-state index in [1.807, 2.05) is 18.0 Å². The summed E-state index contributed by atoms with van der Waals surface area (Å²) in [5.74, 6) is 0.100. The highest BCUT2D eigenvalue weighted by Gasteiger charge is 2.36. The average Bonchev–Trinajstić information content (AvgIpc) is 2.93. The van der Waals surface area contributed by atoms with Gasteiger partial charge in [0, 0.05) is 6.54 Å². The number of aliphatic hydroxyl groups is 1. The molecule has 0 radical (unpaired) electrons. The van der Waals surface area contributed by atoms with Gasteiger partial charge in [-0.05, 0) is 44.6 Å². The maximum atomic E-state index is 12.8. The number of carbonyl (C=O) groups excluding carboxylic acids is 1. The van der Waals surface area contributed by atoms with E-state index >= 15 is 0 Å². The summed E-state index contributed by atoms with van der Waals surface area (Å²) < 4.78 is 0. The fourth-order valence-corrected chi connectivity index (χ4v) is 3.99. The molecule has 1 aromatic rings. The van der Waals surface area contributed by atoms with Gasteiger partial charge in [-0.3, -0.25) is 9.89 Å². The van der Waals surface area contributed by atoms with Crippen LogP contribution in [0.15, 0.2) is 6.20 Å². The largest absolute Gasteiger partial charge is 0.389 e. The lowest BCUT2D eigenvalue weighted by Crippen LogP contribution is -2.44. The van der Waals surface area contributed by atoms with Gasteiger partial charge in [-0.25, -0.2) is 0 Å². The highest BCUT2D eigenvalue weighted by atomic mass is 16.3. The Balaban J connectivity index is 1.73. The molecule has 0 unspecified atom stereocenters. The highest BCUT2D eigenvalue weighted by molar-refractivity contribution is 5.78. The highest BCUT2D eigenvalue weighted by Crippen LogP contribution is 2.35. The van der Waals surface area contributed by atoms with E-state index in [1.54, 1.807) is 0 Å². The summed E-state index contributed by atoms with van der Waals surface area (Å²) in [7, 11) is 0. The Labute approximate surface area is 132 Å². The molecule has 1 aliphatic heterocycles. The maximum Gasteiger partial charge on any atom is 0.226 e. The molecule has 1 aliphatic carbocycles. The summed E-state index contributed by atoms with van der Waals surface area (Å²) in [6, 6.07) is 0.0935. The van der Waals surface area contributed by atoms with Crippen LogP contribution in [0, 0.1) is 6.92 Å². The number of hydrogen-bond acceptors (Lipinski definition) is 3. The smallest absolute Gasteiger partial charge is 0.226 e. The zero-order chi connectivity index (χ0) is 15.6. The van der Waals surface area contributed by atoms with Crippen LogP contribution in [0.1, 0.15) is 75.1 Å². The van der Waals surface area contributed by atoms with E-state index in [0.717, 1.165) is 62.7 Å². The number of nitrogens with one attached hydrogen (secondary N) is 1. The van der Waals surface area contributed by atoms with Crippen molar-refractivity contribution in [3.63, 3.8) is 0 Å². The Bertz CT molecular complexity index is 520. The summed E-state index contributed by atoms with van der Waals surface area (Å²) in [4.78, 5) is 14.8. The molecule has 3 rings (SSSR count). The van der Waals surface area contributed by atoms with Crippen LogP contribution < -0.4 is 0 Å². The monoisotopic (exact) mass is 305 g/mol. The van der Waals surface area contributed by atoms with E-state index in [4.69, 9.17) is 0 Å². The van der Waals surface area contributed by atoms with Crippen LogP contribution in [0.2, 0.25) is 0 Å². The van der Waals surface area contributed by atoms with E-state index in [-0.39, 0.29) is 18.4 Å². The molecule has 122 valence electrons. The second kappa shape index (κ2) is 6.41. The SMILES string of the molecule is Cc1cn[nH]c1[C@@H]1CCCCN1C(=O)CC1(O)CCCCC1. The zero-order valence-corrected chi connectivity index (χ0v) is 13.5. The molecule has 1 amide bonds. The fraction of sp³-hybridized carbons (Fsp3) is 0.765. The van der Waals surface area contributed by atoms with Gasteiger partial charge in [0.2, 0.25) is 5.91 Å². The number of H-pyrrole nitrogens is 1. The Morgan fingerprint density at radius 1 is 1.36 bits per heavy atom. The van der Waals surface area contributed by atoms with Crippen LogP contribution in [0.4, 0.5) is 0 Å². The Morgan fingerprint density at radius 2 is 2.14 bits per heavy atom. The molecule has 1 saturated carbocycles. The second-order valence-electron chi connectivity index (χ2n) is 7.03. The van der Waals surface area contributed by atoms with Gasteiger partial charge in [-0.15, -0.1) is 0 Å². The van der Waals surface area contributed by atoms with Crippen molar-refractivity contribution in [2.24, 2.45) is 0 Å². The number of rotatable bonds is 3. The van der Waals surface area contributed by atoms with Crippen LogP contribution >= 0.6 is 0 Å². The van der Waals surface area contributed by atoms with E-state index in [9.17, 15) is 9.90 Å². The quantitative estimate of drug-likeness (QED) is 0.902. The molecule has 22 heavy (non-hydrogen) atoms. The number of amides is 1. The summed E-state index contributed by atoms with van der Waals surface area (Å²) >= 11 is 0. The number of nitrogens with zero attached hydrogens (tertiary/aromatic N) is 2. The molecule has 1 saturated heterocycles. The van der Waals surface area contributed by atoms with Gasteiger partial charge in [0.05, 0.1) is 30.0 Å². The molecule has 1 atom stereocenters. The number of piperidine rings is 1. The lowest BCUT2D eigenvalue weighted by atomic mass is 9.82. The van der Waals surface area contributed by atoms with Gasteiger partial charge >= 0.3 is 0 Å². The third kappa shape index (κ3) is 3.19. The molecule has 2 heterocycles. The van der Waals surface area contributed by atoms with Crippen molar-refractivity contribution in [3.05, 3.63) is 17.5 Å². The molecule has 0 aromatic carbocycles. The molecule has 5 heteroatoms. The molecule has 2 N–H and O–H groups in total. The Kier molecular flexibility index (Phi) is 4.52. The topological polar surface area (TPSA) is 69.2 Å². The molecule has 0 bridgehead atoms. The molecule has 2 aliphatic rings. The second-order valence-corrected chi connectivity index (χ2v) is 7.03. The zero-order valence-electron chi connectivity index (χ0n) is 13.5. The van der Waals surface area contributed by atoms with Gasteiger partial charge in [0.25, 0.3) is 0 Å². The molecular formula is C17H27N3O2. The standard InChI is InChI=1S/C17H27N3O2/c1-13-12-18-19-16(13)14-7-3-6-10-20(14)15(21)11-17(22)8-4-2-5-9-17/h12,14,22H,2-11H2,1H3,(H,18,19)/t14-/m0/s1. The number of likely N-dealkylation sites (tertiary alicyclic amines) is 1. The minimum atomic E-state index is -0.777. The van der Waals surface area contributed by atoms with Gasteiger partial charge in [0.15, 0.2) is 0 Å². The first-order chi connectivity index (χ1) is 10.6. The first-order valence-electron chi connectivity index (χ1n) is 8.61. The normalized spacial score (nSPS) is 25.2. The Hall–Kier alpha value is -1.36. The average molecular weight is 305 g/mol. The molecule has 0 spiro atoms. The predicted molar refractivity (Wildman–Crippen MR) is 84.3 cm³/mol. The summed E-state index contributed by atoms with van der Waals surface area (Å²) in [6.45, 7) is 2.82. The van der Waals surface area contributed by atoms with Gasteiger partial charge in [-0.1, -0.05) is 19.3 Å². The fourth-order valence-electron chi connectivity index (χ4n) is 3.99. The van der Waals surface area contributed by atoms with Crippen molar-refractivity contribution in [2.75, 3.05) is 6.54 Å². The van der Waals surface area contributed by atoms with E-state index in [1.165, 1.54) is 6.42 Å². The minimum Gasteiger partial charge on any atom is -0.389 e. The first kappa shape index (κ1) is 15.5. The van der Waals surface area contributed by atoms with Gasteiger partial charge < -0.3 is 10.0 Å². The van der Waals surface area contributed by atoms with E-state index in [0.29, 0.717) is 0 Å². The van der Waals surface area contributed by atoms with Crippen LogP contribution in [-0.2, 0) is 4.79 Å². The van der Waals surface area contributed by atoms with Crippen LogP contribution in [0.3, 0.4) is 0 Å². The van der Waals surface area contributed by atoms with Crippen molar-refractivity contribution in [2.45, 2.75) is 76.4 Å². The third-order valence-electron chi connectivity index (χ3n) is 5.29. The van der Waals surface area contributed by atoms with Crippen molar-refractivity contribution in [3.8, 4) is 0 Å². The summed E-state index contributed by atoms with van der Waals surface area (Å²) in [5.41, 5.74) is 1.39. The third-order valence-corrected chi connectivity index (χ3v) is 5.29. The van der Waals surface area contributed by atoms with Gasteiger partial charge in [0.1, 0.15) is 0 Å². The van der Waals surface area contributed by atoms with Crippen molar-refractivity contribution >= 4 is 5.91 Å². The summed E-state index contributed by atoms with van der Waals surface area (Å²) in [5, 5.41) is 17.9. The maximum absolute atomic E-state index is 12.8. The number of aromatic nitrogens is 2. The van der Waals surface area contributed by atoms with Crippen LogP contribution in [0.25, 0.3) is 0 Å². The molecule has 1 aromatic heterocycles. The van der Waals surface area contributed by atoms with E-state index < -0.39 is 5.60 Å². The summed E-state index contributed by atoms with van der Waals surface area (Å²) in [6.07, 6.45) is 10.0. The minimum absolute atomic E-state index is 0.0935. The first-order valence-corrected chi connectivity index (χ1v) is 8.61. The van der Waals surface area contributed by atoms with Crippen molar-refractivity contribution in [1.82, 2.24) is 15.1 Å². The van der Waals surface area contributed by atoms with E-state index in [2.05, 4.69) is 10.2 Å². The number of aromatic amines is 1. The van der Waals surface area contributed by atoms with Crippen molar-refractivity contribution in [1.29, 1.82) is 0 Å².